The largest absolute Gasteiger partial charge is 0.472 e. The number of aliphatic hydroxyl groups excluding tert-OH is 2. The molecule has 0 aliphatic carbocycles. The predicted octanol–water partition coefficient (Wildman–Crippen LogP) is 8.33. The molecule has 1 unspecified atom stereocenters. The van der Waals surface area contributed by atoms with E-state index < -0.39 is 51.8 Å². The van der Waals surface area contributed by atoms with E-state index in [0.29, 0.717) is 12.8 Å². The fourth-order valence-electron chi connectivity index (χ4n) is 5.01. The molecule has 0 bridgehead atoms. The van der Waals surface area contributed by atoms with E-state index in [1.54, 1.807) is 0 Å². The first-order chi connectivity index (χ1) is 21.8. The minimum atomic E-state index is -4.67. The van der Waals surface area contributed by atoms with E-state index in [9.17, 15) is 19.0 Å². The number of phosphoric ester groups is 1. The lowest BCUT2D eigenvalue weighted by Gasteiger charge is -2.21. The van der Waals surface area contributed by atoms with Gasteiger partial charge in [0.2, 0.25) is 0 Å². The molecule has 0 saturated heterocycles. The molecule has 0 aliphatic rings. The number of hydrogen-bond acceptors (Lipinski definition) is 9. The normalized spacial score (nSPS) is 13.6. The van der Waals surface area contributed by atoms with E-state index in [4.69, 9.17) is 28.7 Å². The Morgan fingerprint density at radius 2 is 0.933 bits per heavy atom. The molecule has 0 heterocycles. The molecule has 11 heteroatoms. The van der Waals surface area contributed by atoms with Crippen LogP contribution in [-0.2, 0) is 32.7 Å². The molecule has 0 aromatic heterocycles. The highest BCUT2D eigenvalue weighted by Gasteiger charge is 2.29. The van der Waals surface area contributed by atoms with Crippen molar-refractivity contribution in [2.75, 3.05) is 26.4 Å². The summed E-state index contributed by atoms with van der Waals surface area (Å²) in [4.78, 5) is 34.7. The van der Waals surface area contributed by atoms with Crippen molar-refractivity contribution in [2.45, 2.75) is 180 Å². The predicted molar refractivity (Wildman–Crippen MR) is 178 cm³/mol. The van der Waals surface area contributed by atoms with Crippen LogP contribution in [0.25, 0.3) is 0 Å². The smallest absolute Gasteiger partial charge is 0.462 e. The molecule has 0 amide bonds. The summed E-state index contributed by atoms with van der Waals surface area (Å²) in [6.07, 6.45) is 23.6. The van der Waals surface area contributed by atoms with Crippen LogP contribution in [0.15, 0.2) is 0 Å². The topological polar surface area (TPSA) is 149 Å². The van der Waals surface area contributed by atoms with E-state index in [0.717, 1.165) is 38.5 Å². The molecule has 268 valence electrons. The Morgan fingerprint density at radius 1 is 0.556 bits per heavy atom. The van der Waals surface area contributed by atoms with Crippen molar-refractivity contribution in [2.24, 2.45) is 0 Å². The first kappa shape index (κ1) is 44.0. The van der Waals surface area contributed by atoms with Gasteiger partial charge in [0.15, 0.2) is 6.10 Å². The number of carbonyl (C=O) groups is 2. The lowest BCUT2D eigenvalue weighted by atomic mass is 10.1. The average Bonchev–Trinajstić information content (AvgIpc) is 3.02. The second-order valence-electron chi connectivity index (χ2n) is 12.2. The van der Waals surface area contributed by atoms with Gasteiger partial charge < -0.3 is 24.6 Å². The third-order valence-corrected chi connectivity index (χ3v) is 8.85. The Bertz CT molecular complexity index is 732. The van der Waals surface area contributed by atoms with Crippen LogP contribution in [0, 0.1) is 0 Å². The molecular weight excluding hydrogens is 599 g/mol. The van der Waals surface area contributed by atoms with Crippen LogP contribution in [-0.4, -0.2) is 65.7 Å². The maximum absolute atomic E-state index is 12.5. The third-order valence-electron chi connectivity index (χ3n) is 7.81. The zero-order valence-corrected chi connectivity index (χ0v) is 29.5. The maximum Gasteiger partial charge on any atom is 0.472 e. The Kier molecular flexibility index (Phi) is 30.8. The molecule has 45 heavy (non-hydrogen) atoms. The fraction of sp³-hybridized carbons (Fsp3) is 0.941. The van der Waals surface area contributed by atoms with Gasteiger partial charge in [0.05, 0.1) is 19.8 Å². The number of rotatable bonds is 34. The van der Waals surface area contributed by atoms with Gasteiger partial charge in [-0.25, -0.2) is 4.57 Å². The summed E-state index contributed by atoms with van der Waals surface area (Å²) in [6.45, 7) is 2.21. The van der Waals surface area contributed by atoms with E-state index in [2.05, 4.69) is 13.8 Å². The van der Waals surface area contributed by atoms with Crippen LogP contribution in [0.5, 0.6) is 0 Å². The van der Waals surface area contributed by atoms with Gasteiger partial charge in [-0.15, -0.1) is 0 Å². The Morgan fingerprint density at radius 3 is 1.33 bits per heavy atom. The lowest BCUT2D eigenvalue weighted by Crippen LogP contribution is -2.30. The molecule has 0 fully saturated rings. The molecule has 10 nitrogen and oxygen atoms in total. The Balaban J connectivity index is 4.42. The number of ether oxygens (including phenoxy) is 2. The highest BCUT2D eigenvalue weighted by Crippen LogP contribution is 2.44. The van der Waals surface area contributed by atoms with Gasteiger partial charge in [0, 0.05) is 12.8 Å². The van der Waals surface area contributed by atoms with E-state index in [1.165, 1.54) is 89.9 Å². The van der Waals surface area contributed by atoms with E-state index in [1.807, 2.05) is 0 Å². The quantitative estimate of drug-likeness (QED) is 0.0348. The van der Waals surface area contributed by atoms with Crippen molar-refractivity contribution in [1.29, 1.82) is 0 Å². The van der Waals surface area contributed by atoms with Crippen LogP contribution >= 0.6 is 7.82 Å². The van der Waals surface area contributed by atoms with Gasteiger partial charge in [0.25, 0.3) is 0 Å². The standard InChI is InChI=1S/C34H67O10P/c1-3-5-7-9-11-13-15-17-19-21-23-25-33(37)41-29-32(30-42-45(39,40)44-31(27-35)28-36)43-34(38)26-24-22-20-18-16-14-12-10-8-6-4-2/h31-32,35-36H,3-30H2,1-2H3,(H,39,40)/t32-/m1/s1. The maximum atomic E-state index is 12.5. The Labute approximate surface area is 273 Å². The van der Waals surface area contributed by atoms with Crippen LogP contribution < -0.4 is 0 Å². The SMILES string of the molecule is CCCCCCCCCCCCCC(=O)OC[C@H](COP(=O)(O)OC(CO)CO)OC(=O)CCCCCCCCCCCCC. The monoisotopic (exact) mass is 666 g/mol. The summed E-state index contributed by atoms with van der Waals surface area (Å²) < 4.78 is 32.6. The zero-order valence-electron chi connectivity index (χ0n) is 28.6. The van der Waals surface area contributed by atoms with Crippen LogP contribution in [0.1, 0.15) is 168 Å². The molecule has 0 spiro atoms. The lowest BCUT2D eigenvalue weighted by molar-refractivity contribution is -0.161. The van der Waals surface area contributed by atoms with Crippen LogP contribution in [0.4, 0.5) is 0 Å². The summed E-state index contributed by atoms with van der Waals surface area (Å²) in [6, 6.07) is 0. The van der Waals surface area contributed by atoms with Gasteiger partial charge in [-0.1, -0.05) is 142 Å². The van der Waals surface area contributed by atoms with Crippen molar-refractivity contribution in [3.8, 4) is 0 Å². The summed E-state index contributed by atoms with van der Waals surface area (Å²) in [7, 11) is -4.67. The number of unbranched alkanes of at least 4 members (excludes halogenated alkanes) is 20. The number of phosphoric acid groups is 1. The molecule has 0 aromatic carbocycles. The molecule has 0 rings (SSSR count). The van der Waals surface area contributed by atoms with Gasteiger partial charge in [0.1, 0.15) is 12.7 Å². The van der Waals surface area contributed by atoms with Crippen molar-refractivity contribution in [1.82, 2.24) is 0 Å². The Hall–Kier alpha value is -1.03. The van der Waals surface area contributed by atoms with Crippen molar-refractivity contribution in [3.63, 3.8) is 0 Å². The highest BCUT2D eigenvalue weighted by atomic mass is 31.2. The third kappa shape index (κ3) is 30.1. The zero-order chi connectivity index (χ0) is 33.4. The molecule has 0 aromatic rings. The van der Waals surface area contributed by atoms with E-state index in [-0.39, 0.29) is 19.4 Å². The first-order valence-electron chi connectivity index (χ1n) is 18.0. The number of aliphatic hydroxyl groups is 2. The minimum absolute atomic E-state index is 0.185. The fourth-order valence-corrected chi connectivity index (χ4v) is 5.93. The van der Waals surface area contributed by atoms with Gasteiger partial charge >= 0.3 is 19.8 Å². The van der Waals surface area contributed by atoms with Crippen LogP contribution in [0.2, 0.25) is 0 Å². The number of esters is 2. The van der Waals surface area contributed by atoms with Gasteiger partial charge in [-0.2, -0.15) is 0 Å². The summed E-state index contributed by atoms with van der Waals surface area (Å²) in [5, 5.41) is 18.2. The van der Waals surface area contributed by atoms with Gasteiger partial charge in [-0.05, 0) is 12.8 Å². The molecule has 0 aliphatic heterocycles. The van der Waals surface area contributed by atoms with Crippen molar-refractivity contribution in [3.05, 3.63) is 0 Å². The van der Waals surface area contributed by atoms with Crippen molar-refractivity contribution >= 4 is 19.8 Å². The first-order valence-corrected chi connectivity index (χ1v) is 19.5. The summed E-state index contributed by atoms with van der Waals surface area (Å²) in [5.74, 6) is -0.931. The second kappa shape index (κ2) is 31.6. The second-order valence-corrected chi connectivity index (χ2v) is 13.6. The minimum Gasteiger partial charge on any atom is -0.462 e. The number of carbonyl (C=O) groups excluding carboxylic acids is 2. The molecule has 2 atom stereocenters. The summed E-state index contributed by atoms with van der Waals surface area (Å²) >= 11 is 0. The highest BCUT2D eigenvalue weighted by molar-refractivity contribution is 7.47. The van der Waals surface area contributed by atoms with Crippen LogP contribution in [0.3, 0.4) is 0 Å². The van der Waals surface area contributed by atoms with E-state index >= 15 is 0 Å². The van der Waals surface area contributed by atoms with Gasteiger partial charge in [-0.3, -0.25) is 18.6 Å². The summed E-state index contributed by atoms with van der Waals surface area (Å²) in [5.41, 5.74) is 0. The molecule has 0 saturated carbocycles. The van der Waals surface area contributed by atoms with Crippen molar-refractivity contribution < 1.29 is 47.8 Å². The molecule has 0 radical (unpaired) electrons. The number of hydrogen-bond donors (Lipinski definition) is 3. The molecular formula is C34H67O10P. The molecule has 3 N–H and O–H groups in total. The average molecular weight is 667 g/mol.